The van der Waals surface area contributed by atoms with Gasteiger partial charge in [0.1, 0.15) is 5.76 Å². The average Bonchev–Trinajstić information content (AvgIpc) is 3.03. The number of furan rings is 1. The number of aliphatic hydroxyl groups excluding tert-OH is 1. The summed E-state index contributed by atoms with van der Waals surface area (Å²) in [4.78, 5) is 0. The van der Waals surface area contributed by atoms with Crippen LogP contribution >= 0.6 is 0 Å². The summed E-state index contributed by atoms with van der Waals surface area (Å²) in [5.41, 5.74) is 2.67. The van der Waals surface area contributed by atoms with Gasteiger partial charge in [-0.15, -0.1) is 0 Å². The van der Waals surface area contributed by atoms with E-state index in [0.29, 0.717) is 12.0 Å². The van der Waals surface area contributed by atoms with E-state index in [0.717, 1.165) is 25.1 Å². The third-order valence-electron chi connectivity index (χ3n) is 4.25. The number of aryl methyl sites for hydroxylation is 1. The van der Waals surface area contributed by atoms with Crippen LogP contribution < -0.4 is 5.32 Å². The average molecular weight is 315 g/mol. The van der Waals surface area contributed by atoms with Crippen molar-refractivity contribution in [2.24, 2.45) is 11.8 Å². The van der Waals surface area contributed by atoms with Gasteiger partial charge in [-0.2, -0.15) is 0 Å². The van der Waals surface area contributed by atoms with Gasteiger partial charge in [-0.1, -0.05) is 38.1 Å². The van der Waals surface area contributed by atoms with E-state index in [1.165, 1.54) is 11.1 Å². The molecule has 2 atom stereocenters. The molecule has 0 fully saturated rings. The number of hydrogen-bond acceptors (Lipinski definition) is 3. The second-order valence-corrected chi connectivity index (χ2v) is 6.78. The maximum Gasteiger partial charge on any atom is 0.104 e. The normalized spacial score (nSPS) is 14.1. The SMILES string of the molecule is Cc1ccccc1C(CC(C)C)NCC(CO)Cc1ccco1. The molecule has 0 saturated heterocycles. The zero-order valence-corrected chi connectivity index (χ0v) is 14.5. The molecule has 3 nitrogen and oxygen atoms in total. The van der Waals surface area contributed by atoms with Crippen molar-refractivity contribution in [3.63, 3.8) is 0 Å². The van der Waals surface area contributed by atoms with Crippen molar-refractivity contribution < 1.29 is 9.52 Å². The minimum atomic E-state index is 0.163. The molecule has 2 N–H and O–H groups in total. The van der Waals surface area contributed by atoms with Crippen molar-refractivity contribution in [1.82, 2.24) is 5.32 Å². The van der Waals surface area contributed by atoms with Gasteiger partial charge in [0.05, 0.1) is 6.26 Å². The lowest BCUT2D eigenvalue weighted by molar-refractivity contribution is 0.210. The molecule has 0 amide bonds. The highest BCUT2D eigenvalue weighted by Gasteiger charge is 2.18. The van der Waals surface area contributed by atoms with Crippen molar-refractivity contribution >= 4 is 0 Å². The Hall–Kier alpha value is -1.58. The molecule has 3 heteroatoms. The Morgan fingerprint density at radius 1 is 1.13 bits per heavy atom. The maximum absolute atomic E-state index is 9.66. The molecule has 0 saturated carbocycles. The molecule has 0 aliphatic heterocycles. The van der Waals surface area contributed by atoms with Gasteiger partial charge in [0.2, 0.25) is 0 Å². The molecule has 0 spiro atoms. The number of benzene rings is 1. The zero-order chi connectivity index (χ0) is 16.7. The van der Waals surface area contributed by atoms with Gasteiger partial charge in [0, 0.05) is 31.5 Å². The standard InChI is InChI=1S/C20H29NO2/c1-15(2)11-20(19-9-5-4-7-16(19)3)21-13-17(14-22)12-18-8-6-10-23-18/h4-10,15,17,20-22H,11-14H2,1-3H3. The topological polar surface area (TPSA) is 45.4 Å². The van der Waals surface area contributed by atoms with Crippen LogP contribution in [-0.2, 0) is 6.42 Å². The fraction of sp³-hybridized carbons (Fsp3) is 0.500. The van der Waals surface area contributed by atoms with Crippen molar-refractivity contribution in [3.05, 3.63) is 59.5 Å². The lowest BCUT2D eigenvalue weighted by Crippen LogP contribution is -2.31. The molecule has 1 aromatic heterocycles. The molecule has 126 valence electrons. The van der Waals surface area contributed by atoms with E-state index >= 15 is 0 Å². The first kappa shape index (κ1) is 17.8. The van der Waals surface area contributed by atoms with Crippen LogP contribution in [0.3, 0.4) is 0 Å². The van der Waals surface area contributed by atoms with Crippen LogP contribution in [0.15, 0.2) is 47.1 Å². The molecule has 0 bridgehead atoms. The Morgan fingerprint density at radius 2 is 1.91 bits per heavy atom. The van der Waals surface area contributed by atoms with Crippen LogP contribution in [0.4, 0.5) is 0 Å². The van der Waals surface area contributed by atoms with Gasteiger partial charge in [0.15, 0.2) is 0 Å². The Labute approximate surface area is 139 Å². The summed E-state index contributed by atoms with van der Waals surface area (Å²) in [5, 5.41) is 13.3. The smallest absolute Gasteiger partial charge is 0.104 e. The van der Waals surface area contributed by atoms with E-state index in [1.54, 1.807) is 6.26 Å². The van der Waals surface area contributed by atoms with Crippen LogP contribution in [0.1, 0.15) is 43.2 Å². The van der Waals surface area contributed by atoms with Crippen LogP contribution in [0.25, 0.3) is 0 Å². The van der Waals surface area contributed by atoms with Crippen LogP contribution in [0.5, 0.6) is 0 Å². The molecular formula is C20H29NO2. The Bertz CT molecular complexity index is 563. The van der Waals surface area contributed by atoms with Gasteiger partial charge in [-0.25, -0.2) is 0 Å². The zero-order valence-electron chi connectivity index (χ0n) is 14.5. The largest absolute Gasteiger partial charge is 0.469 e. The fourth-order valence-corrected chi connectivity index (χ4v) is 2.99. The maximum atomic E-state index is 9.66. The van der Waals surface area contributed by atoms with E-state index in [9.17, 15) is 5.11 Å². The lowest BCUT2D eigenvalue weighted by atomic mass is 9.93. The lowest BCUT2D eigenvalue weighted by Gasteiger charge is -2.25. The highest BCUT2D eigenvalue weighted by molar-refractivity contribution is 5.28. The summed E-state index contributed by atoms with van der Waals surface area (Å²) in [6.07, 6.45) is 3.54. The van der Waals surface area contributed by atoms with Crippen molar-refractivity contribution in [1.29, 1.82) is 0 Å². The van der Waals surface area contributed by atoms with Crippen molar-refractivity contribution in [2.75, 3.05) is 13.2 Å². The number of rotatable bonds is 9. The van der Waals surface area contributed by atoms with Gasteiger partial charge in [-0.3, -0.25) is 0 Å². The fourth-order valence-electron chi connectivity index (χ4n) is 2.99. The second-order valence-electron chi connectivity index (χ2n) is 6.78. The summed E-state index contributed by atoms with van der Waals surface area (Å²) in [6, 6.07) is 12.7. The molecule has 0 aliphatic carbocycles. The van der Waals surface area contributed by atoms with E-state index in [2.05, 4.69) is 50.4 Å². The van der Waals surface area contributed by atoms with E-state index in [1.807, 2.05) is 12.1 Å². The first-order valence-electron chi connectivity index (χ1n) is 8.52. The summed E-state index contributed by atoms with van der Waals surface area (Å²) in [5.74, 6) is 1.71. The summed E-state index contributed by atoms with van der Waals surface area (Å²) >= 11 is 0. The molecule has 2 rings (SSSR count). The summed E-state index contributed by atoms with van der Waals surface area (Å²) < 4.78 is 5.40. The van der Waals surface area contributed by atoms with E-state index < -0.39 is 0 Å². The number of hydrogen-bond donors (Lipinski definition) is 2. The first-order chi connectivity index (χ1) is 11.1. The highest BCUT2D eigenvalue weighted by Crippen LogP contribution is 2.24. The second kappa shape index (κ2) is 8.90. The van der Waals surface area contributed by atoms with E-state index in [4.69, 9.17) is 4.42 Å². The van der Waals surface area contributed by atoms with Gasteiger partial charge < -0.3 is 14.8 Å². The molecule has 2 unspecified atom stereocenters. The van der Waals surface area contributed by atoms with Gasteiger partial charge in [0.25, 0.3) is 0 Å². The third-order valence-corrected chi connectivity index (χ3v) is 4.25. The number of nitrogens with one attached hydrogen (secondary N) is 1. The predicted molar refractivity (Wildman–Crippen MR) is 94.4 cm³/mol. The number of aliphatic hydroxyl groups is 1. The van der Waals surface area contributed by atoms with Crippen molar-refractivity contribution in [3.8, 4) is 0 Å². The Morgan fingerprint density at radius 3 is 2.52 bits per heavy atom. The van der Waals surface area contributed by atoms with Crippen molar-refractivity contribution in [2.45, 2.75) is 39.7 Å². The van der Waals surface area contributed by atoms with Gasteiger partial charge >= 0.3 is 0 Å². The first-order valence-corrected chi connectivity index (χ1v) is 8.52. The molecule has 0 aliphatic rings. The van der Waals surface area contributed by atoms with Gasteiger partial charge in [-0.05, 0) is 42.5 Å². The Balaban J connectivity index is 2.01. The Kier molecular flexibility index (Phi) is 6.87. The molecule has 23 heavy (non-hydrogen) atoms. The molecule has 0 radical (unpaired) electrons. The minimum absolute atomic E-state index is 0.163. The predicted octanol–water partition coefficient (Wildman–Crippen LogP) is 4.12. The molecule has 1 heterocycles. The third kappa shape index (κ3) is 5.52. The summed E-state index contributed by atoms with van der Waals surface area (Å²) in [7, 11) is 0. The molecular weight excluding hydrogens is 286 g/mol. The van der Waals surface area contributed by atoms with Crippen LogP contribution in [-0.4, -0.2) is 18.3 Å². The summed E-state index contributed by atoms with van der Waals surface area (Å²) in [6.45, 7) is 7.61. The van der Waals surface area contributed by atoms with Crippen LogP contribution in [0.2, 0.25) is 0 Å². The minimum Gasteiger partial charge on any atom is -0.469 e. The monoisotopic (exact) mass is 315 g/mol. The molecule has 2 aromatic rings. The quantitative estimate of drug-likeness (QED) is 0.732. The van der Waals surface area contributed by atoms with E-state index in [-0.39, 0.29) is 12.5 Å². The van der Waals surface area contributed by atoms with Crippen LogP contribution in [0, 0.1) is 18.8 Å². The highest BCUT2D eigenvalue weighted by atomic mass is 16.3. The molecule has 1 aromatic carbocycles.